The maximum Gasteiger partial charge on any atom is 0.344 e. The van der Waals surface area contributed by atoms with E-state index in [0.717, 1.165) is 36.0 Å². The van der Waals surface area contributed by atoms with Gasteiger partial charge in [0.25, 0.3) is 0 Å². The SMILES string of the molecule is CC(C)(OC(=O)COC(=O)C1CC2CC1C1C3C=CC(C3)C21)C12CC3CC(CC(C3)C1)C2. The van der Waals surface area contributed by atoms with Gasteiger partial charge in [-0.05, 0) is 125 Å². The van der Waals surface area contributed by atoms with E-state index in [1.165, 1.54) is 51.4 Å². The van der Waals surface area contributed by atoms with Crippen LogP contribution in [0.1, 0.15) is 71.6 Å². The van der Waals surface area contributed by atoms with Crippen LogP contribution in [0, 0.1) is 64.6 Å². The van der Waals surface area contributed by atoms with Crippen LogP contribution in [-0.4, -0.2) is 24.1 Å². The van der Waals surface area contributed by atoms with Gasteiger partial charge >= 0.3 is 11.9 Å². The molecule has 8 rings (SSSR count). The van der Waals surface area contributed by atoms with Crippen LogP contribution in [0.25, 0.3) is 0 Å². The second-order valence-corrected chi connectivity index (χ2v) is 13.4. The van der Waals surface area contributed by atoms with Gasteiger partial charge in [-0.2, -0.15) is 0 Å². The van der Waals surface area contributed by atoms with Gasteiger partial charge in [-0.25, -0.2) is 4.79 Å². The van der Waals surface area contributed by atoms with Gasteiger partial charge in [0, 0.05) is 5.41 Å². The molecule has 4 nitrogen and oxygen atoms in total. The van der Waals surface area contributed by atoms with Crippen molar-refractivity contribution in [2.45, 2.75) is 77.2 Å². The normalized spacial score (nSPS) is 51.3. The van der Waals surface area contributed by atoms with Crippen molar-refractivity contribution in [3.8, 4) is 0 Å². The van der Waals surface area contributed by atoms with E-state index in [9.17, 15) is 9.59 Å². The Morgan fingerprint density at radius 1 is 0.875 bits per heavy atom. The Labute approximate surface area is 191 Å². The summed E-state index contributed by atoms with van der Waals surface area (Å²) in [6.45, 7) is 4.00. The summed E-state index contributed by atoms with van der Waals surface area (Å²) in [4.78, 5) is 25.8. The number of fused-ring (bicyclic) bond motifs is 9. The lowest BCUT2D eigenvalue weighted by Gasteiger charge is -2.61. The van der Waals surface area contributed by atoms with Gasteiger partial charge < -0.3 is 9.47 Å². The molecule has 7 unspecified atom stereocenters. The number of hydrogen-bond acceptors (Lipinski definition) is 4. The minimum absolute atomic E-state index is 0.00189. The van der Waals surface area contributed by atoms with Crippen LogP contribution in [0.4, 0.5) is 0 Å². The number of esters is 2. The molecular formula is C28H38O4. The fourth-order valence-electron chi connectivity index (χ4n) is 10.8. The molecule has 0 aromatic carbocycles. The molecule has 8 bridgehead atoms. The molecule has 7 saturated carbocycles. The first kappa shape index (κ1) is 20.1. The van der Waals surface area contributed by atoms with E-state index >= 15 is 0 Å². The van der Waals surface area contributed by atoms with E-state index in [0.29, 0.717) is 23.7 Å². The third-order valence-electron chi connectivity index (χ3n) is 11.6. The van der Waals surface area contributed by atoms with Gasteiger partial charge in [-0.1, -0.05) is 12.2 Å². The summed E-state index contributed by atoms with van der Waals surface area (Å²) < 4.78 is 11.7. The Bertz CT molecular complexity index is 835. The van der Waals surface area contributed by atoms with Crippen LogP contribution in [-0.2, 0) is 19.1 Å². The average Bonchev–Trinajstić information content (AvgIpc) is 3.49. The summed E-state index contributed by atoms with van der Waals surface area (Å²) in [5, 5.41) is 0. The average molecular weight is 439 g/mol. The molecule has 7 fully saturated rings. The van der Waals surface area contributed by atoms with Crippen LogP contribution >= 0.6 is 0 Å². The minimum atomic E-state index is -0.485. The first-order valence-corrected chi connectivity index (χ1v) is 13.4. The zero-order valence-corrected chi connectivity index (χ0v) is 19.6. The molecule has 0 aliphatic heterocycles. The zero-order chi connectivity index (χ0) is 21.8. The molecule has 0 radical (unpaired) electrons. The number of allylic oxidation sites excluding steroid dienone is 2. The third kappa shape index (κ3) is 2.73. The second-order valence-electron chi connectivity index (χ2n) is 13.4. The van der Waals surface area contributed by atoms with Crippen molar-refractivity contribution in [3.05, 3.63) is 12.2 Å². The second kappa shape index (κ2) is 6.63. The van der Waals surface area contributed by atoms with Crippen LogP contribution < -0.4 is 0 Å². The Morgan fingerprint density at radius 3 is 2.16 bits per heavy atom. The van der Waals surface area contributed by atoms with E-state index in [2.05, 4.69) is 26.0 Å². The monoisotopic (exact) mass is 438 g/mol. The quantitative estimate of drug-likeness (QED) is 0.338. The molecule has 32 heavy (non-hydrogen) atoms. The maximum absolute atomic E-state index is 13.0. The van der Waals surface area contributed by atoms with Crippen LogP contribution in [0.15, 0.2) is 12.2 Å². The molecule has 174 valence electrons. The zero-order valence-electron chi connectivity index (χ0n) is 19.6. The van der Waals surface area contributed by atoms with Crippen LogP contribution in [0.2, 0.25) is 0 Å². The predicted molar refractivity (Wildman–Crippen MR) is 119 cm³/mol. The first-order chi connectivity index (χ1) is 15.3. The van der Waals surface area contributed by atoms with Crippen LogP contribution in [0.3, 0.4) is 0 Å². The van der Waals surface area contributed by atoms with Gasteiger partial charge in [0.1, 0.15) is 5.60 Å². The molecule has 0 heterocycles. The van der Waals surface area contributed by atoms with E-state index in [1.54, 1.807) is 0 Å². The number of hydrogen-bond donors (Lipinski definition) is 0. The summed E-state index contributed by atoms with van der Waals surface area (Å²) in [6.07, 6.45) is 16.0. The number of rotatable bonds is 5. The first-order valence-electron chi connectivity index (χ1n) is 13.4. The predicted octanol–water partition coefficient (Wildman–Crippen LogP) is 5.16. The van der Waals surface area contributed by atoms with Gasteiger partial charge in [0.15, 0.2) is 6.61 Å². The summed E-state index contributed by atoms with van der Waals surface area (Å²) >= 11 is 0. The molecule has 8 aliphatic rings. The molecule has 0 spiro atoms. The number of carbonyl (C=O) groups is 2. The molecule has 7 atom stereocenters. The highest BCUT2D eigenvalue weighted by molar-refractivity contribution is 5.78. The highest BCUT2D eigenvalue weighted by Crippen LogP contribution is 2.67. The Kier molecular flexibility index (Phi) is 4.16. The Morgan fingerprint density at radius 2 is 1.50 bits per heavy atom. The van der Waals surface area contributed by atoms with Crippen molar-refractivity contribution in [1.82, 2.24) is 0 Å². The molecule has 0 saturated heterocycles. The molecule has 0 aromatic rings. The highest BCUT2D eigenvalue weighted by atomic mass is 16.6. The molecule has 8 aliphatic carbocycles. The van der Waals surface area contributed by atoms with Crippen molar-refractivity contribution in [2.75, 3.05) is 6.61 Å². The van der Waals surface area contributed by atoms with E-state index < -0.39 is 5.60 Å². The number of carbonyl (C=O) groups excluding carboxylic acids is 2. The van der Waals surface area contributed by atoms with Gasteiger partial charge in [0.05, 0.1) is 5.92 Å². The lowest BCUT2D eigenvalue weighted by atomic mass is 9.46. The fraction of sp³-hybridized carbons (Fsp3) is 0.857. The molecule has 0 N–H and O–H groups in total. The summed E-state index contributed by atoms with van der Waals surface area (Å²) in [5.74, 6) is 6.04. The molecule has 4 heteroatoms. The number of ether oxygens (including phenoxy) is 2. The molecule has 0 amide bonds. The van der Waals surface area contributed by atoms with E-state index in [-0.39, 0.29) is 29.9 Å². The van der Waals surface area contributed by atoms with E-state index in [1.807, 2.05) is 0 Å². The lowest BCUT2D eigenvalue weighted by molar-refractivity contribution is -0.203. The Balaban J connectivity index is 0.969. The minimum Gasteiger partial charge on any atom is -0.457 e. The Hall–Kier alpha value is -1.32. The maximum atomic E-state index is 13.0. The van der Waals surface area contributed by atoms with Gasteiger partial charge in [-0.15, -0.1) is 0 Å². The topological polar surface area (TPSA) is 52.6 Å². The van der Waals surface area contributed by atoms with Gasteiger partial charge in [-0.3, -0.25) is 4.79 Å². The van der Waals surface area contributed by atoms with Crippen LogP contribution in [0.5, 0.6) is 0 Å². The van der Waals surface area contributed by atoms with Crippen molar-refractivity contribution in [1.29, 1.82) is 0 Å². The standard InChI is InChI=1S/C28H38O4/c1-27(2,28-11-15-5-16(12-28)7-17(6-15)13-28)32-23(29)14-31-26(30)22-10-20-9-21(22)25-19-4-3-18(8-19)24(20)25/h3-4,15-22,24-25H,5-14H2,1-2H3. The smallest absolute Gasteiger partial charge is 0.344 e. The van der Waals surface area contributed by atoms with Gasteiger partial charge in [0.2, 0.25) is 0 Å². The van der Waals surface area contributed by atoms with E-state index in [4.69, 9.17) is 9.47 Å². The highest BCUT2D eigenvalue weighted by Gasteiger charge is 2.63. The third-order valence-corrected chi connectivity index (χ3v) is 11.6. The summed E-state index contributed by atoms with van der Waals surface area (Å²) in [5.41, 5.74) is -0.363. The molecular weight excluding hydrogens is 400 g/mol. The van der Waals surface area contributed by atoms with Crippen molar-refractivity contribution < 1.29 is 19.1 Å². The van der Waals surface area contributed by atoms with Crippen molar-refractivity contribution in [2.24, 2.45) is 64.6 Å². The van der Waals surface area contributed by atoms with Crippen molar-refractivity contribution >= 4 is 11.9 Å². The fourth-order valence-corrected chi connectivity index (χ4v) is 10.8. The summed E-state index contributed by atoms with van der Waals surface area (Å²) in [6, 6.07) is 0. The largest absolute Gasteiger partial charge is 0.457 e. The molecule has 0 aromatic heterocycles. The lowest BCUT2D eigenvalue weighted by Crippen LogP contribution is -2.57. The summed E-state index contributed by atoms with van der Waals surface area (Å²) in [7, 11) is 0. The van der Waals surface area contributed by atoms with Crippen molar-refractivity contribution in [3.63, 3.8) is 0 Å².